The Morgan fingerprint density at radius 1 is 1.35 bits per heavy atom. The number of rotatable bonds is 6. The van der Waals surface area contributed by atoms with E-state index in [-0.39, 0.29) is 12.7 Å². The second-order valence-corrected chi connectivity index (χ2v) is 6.24. The van der Waals surface area contributed by atoms with Crippen LogP contribution in [0, 0.1) is 11.8 Å². The molecule has 0 spiro atoms. The number of likely N-dealkylation sites (tertiary alicyclic amines) is 1. The molecule has 1 amide bonds. The molecule has 1 aliphatic heterocycles. The van der Waals surface area contributed by atoms with Crippen molar-refractivity contribution in [1.29, 1.82) is 0 Å². The lowest BCUT2D eigenvalue weighted by Crippen LogP contribution is -2.52. The Bertz CT molecular complexity index is 307. The van der Waals surface area contributed by atoms with E-state index in [2.05, 4.69) is 5.32 Å². The third-order valence-corrected chi connectivity index (χ3v) is 4.66. The highest BCUT2D eigenvalue weighted by molar-refractivity contribution is 5.67. The Morgan fingerprint density at radius 3 is 2.75 bits per heavy atom. The van der Waals surface area contributed by atoms with Crippen molar-refractivity contribution in [3.63, 3.8) is 0 Å². The van der Waals surface area contributed by atoms with Gasteiger partial charge in [-0.15, -0.1) is 0 Å². The van der Waals surface area contributed by atoms with Gasteiger partial charge in [0, 0.05) is 25.7 Å². The van der Waals surface area contributed by atoms with Gasteiger partial charge in [0.15, 0.2) is 0 Å². The van der Waals surface area contributed by atoms with E-state index in [4.69, 9.17) is 9.84 Å². The average molecular weight is 284 g/mol. The molecule has 1 aliphatic carbocycles. The predicted molar refractivity (Wildman–Crippen MR) is 77.5 cm³/mol. The van der Waals surface area contributed by atoms with Crippen molar-refractivity contribution in [2.24, 2.45) is 11.8 Å². The number of amides is 1. The first-order chi connectivity index (χ1) is 9.72. The van der Waals surface area contributed by atoms with Gasteiger partial charge in [0.1, 0.15) is 0 Å². The van der Waals surface area contributed by atoms with Crippen molar-refractivity contribution in [2.45, 2.75) is 44.6 Å². The Balaban J connectivity index is 1.83. The lowest BCUT2D eigenvalue weighted by molar-refractivity contribution is 0.0857. The zero-order valence-corrected chi connectivity index (χ0v) is 12.5. The Hall–Kier alpha value is -0.810. The second-order valence-electron chi connectivity index (χ2n) is 6.24. The molecule has 2 N–H and O–H groups in total. The van der Waals surface area contributed by atoms with Crippen molar-refractivity contribution in [3.05, 3.63) is 0 Å². The third-order valence-electron chi connectivity index (χ3n) is 4.66. The zero-order valence-electron chi connectivity index (χ0n) is 12.5. The summed E-state index contributed by atoms with van der Waals surface area (Å²) >= 11 is 0. The van der Waals surface area contributed by atoms with Crippen LogP contribution in [0.1, 0.15) is 38.5 Å². The fourth-order valence-corrected chi connectivity index (χ4v) is 3.25. The molecule has 2 fully saturated rings. The minimum Gasteiger partial charge on any atom is -0.453 e. The normalized spacial score (nSPS) is 27.2. The largest absolute Gasteiger partial charge is 0.453 e. The van der Waals surface area contributed by atoms with Crippen LogP contribution < -0.4 is 5.32 Å². The maximum atomic E-state index is 11.8. The molecule has 5 nitrogen and oxygen atoms in total. The van der Waals surface area contributed by atoms with Gasteiger partial charge in [0.05, 0.1) is 7.11 Å². The van der Waals surface area contributed by atoms with Gasteiger partial charge < -0.3 is 20.1 Å². The number of nitrogens with one attached hydrogen (secondary N) is 1. The molecule has 0 radical (unpaired) electrons. The van der Waals surface area contributed by atoms with Crippen LogP contribution in [0.4, 0.5) is 4.79 Å². The van der Waals surface area contributed by atoms with Gasteiger partial charge in [-0.05, 0) is 50.5 Å². The van der Waals surface area contributed by atoms with Crippen molar-refractivity contribution in [3.8, 4) is 0 Å². The summed E-state index contributed by atoms with van der Waals surface area (Å²) < 4.78 is 4.86. The Kier molecular flexibility index (Phi) is 6.10. The van der Waals surface area contributed by atoms with Gasteiger partial charge >= 0.3 is 6.09 Å². The number of hydrogen-bond donors (Lipinski definition) is 2. The Morgan fingerprint density at radius 2 is 2.15 bits per heavy atom. The number of hydrogen-bond acceptors (Lipinski definition) is 4. The number of nitrogens with zero attached hydrogens (tertiary/aromatic N) is 1. The molecule has 1 saturated carbocycles. The summed E-state index contributed by atoms with van der Waals surface area (Å²) in [6.07, 6.45) is 6.71. The highest BCUT2D eigenvalue weighted by Gasteiger charge is 2.30. The first-order valence-corrected chi connectivity index (χ1v) is 7.90. The number of methoxy groups -OCH3 is 1. The van der Waals surface area contributed by atoms with Crippen LogP contribution in [0.2, 0.25) is 0 Å². The fraction of sp³-hybridized carbons (Fsp3) is 0.933. The van der Waals surface area contributed by atoms with Crippen LogP contribution in [0.5, 0.6) is 0 Å². The van der Waals surface area contributed by atoms with Crippen molar-refractivity contribution in [1.82, 2.24) is 10.2 Å². The number of carbonyl (C=O) groups is 1. The van der Waals surface area contributed by atoms with E-state index in [1.807, 2.05) is 4.90 Å². The van der Waals surface area contributed by atoms with Crippen LogP contribution in [0.25, 0.3) is 0 Å². The number of piperidine rings is 1. The molecule has 2 rings (SSSR count). The first kappa shape index (κ1) is 15.6. The monoisotopic (exact) mass is 284 g/mol. The molecule has 2 aliphatic rings. The molecule has 5 heteroatoms. The molecule has 20 heavy (non-hydrogen) atoms. The predicted octanol–water partition coefficient (Wildman–Crippen LogP) is 1.61. The van der Waals surface area contributed by atoms with Gasteiger partial charge in [0.2, 0.25) is 0 Å². The highest BCUT2D eigenvalue weighted by atomic mass is 16.5. The third kappa shape index (κ3) is 4.35. The van der Waals surface area contributed by atoms with Gasteiger partial charge in [0.25, 0.3) is 0 Å². The molecule has 1 saturated heterocycles. The summed E-state index contributed by atoms with van der Waals surface area (Å²) in [7, 11) is 1.44. The average Bonchev–Trinajstić information content (AvgIpc) is 2.42. The van der Waals surface area contributed by atoms with Crippen molar-refractivity contribution < 1.29 is 14.6 Å². The number of ether oxygens (including phenoxy) is 1. The molecular weight excluding hydrogens is 256 g/mol. The number of aliphatic hydroxyl groups is 1. The van der Waals surface area contributed by atoms with Crippen LogP contribution in [0.15, 0.2) is 0 Å². The lowest BCUT2D eigenvalue weighted by atomic mass is 9.84. The molecule has 2 unspecified atom stereocenters. The van der Waals surface area contributed by atoms with E-state index in [0.717, 1.165) is 44.8 Å². The number of carbonyl (C=O) groups excluding carboxylic acids is 1. The van der Waals surface area contributed by atoms with Gasteiger partial charge in [-0.1, -0.05) is 6.42 Å². The van der Waals surface area contributed by atoms with E-state index in [1.165, 1.54) is 26.4 Å². The van der Waals surface area contributed by atoms with E-state index in [9.17, 15) is 4.79 Å². The Labute approximate surface area is 121 Å². The van der Waals surface area contributed by atoms with E-state index < -0.39 is 0 Å². The van der Waals surface area contributed by atoms with Crippen LogP contribution >= 0.6 is 0 Å². The van der Waals surface area contributed by atoms with Gasteiger partial charge in [-0.3, -0.25) is 0 Å². The quantitative estimate of drug-likeness (QED) is 0.778. The summed E-state index contributed by atoms with van der Waals surface area (Å²) in [6, 6.07) is 0.368. The second kappa shape index (κ2) is 7.84. The first-order valence-electron chi connectivity index (χ1n) is 7.90. The van der Waals surface area contributed by atoms with E-state index >= 15 is 0 Å². The fourth-order valence-electron chi connectivity index (χ4n) is 3.25. The van der Waals surface area contributed by atoms with Crippen molar-refractivity contribution >= 4 is 6.09 Å². The molecule has 1 heterocycles. The SMILES string of the molecule is COC(=O)N1CC(CCCO)CC(NCC2CCC2)C1. The van der Waals surface area contributed by atoms with Crippen LogP contribution in [-0.2, 0) is 4.74 Å². The summed E-state index contributed by atoms with van der Waals surface area (Å²) in [4.78, 5) is 13.6. The van der Waals surface area contributed by atoms with Crippen molar-refractivity contribution in [2.75, 3.05) is 33.4 Å². The molecule has 0 bridgehead atoms. The zero-order chi connectivity index (χ0) is 14.4. The molecule has 116 valence electrons. The molecular formula is C15H28N2O3. The van der Waals surface area contributed by atoms with E-state index in [0.29, 0.717) is 12.0 Å². The van der Waals surface area contributed by atoms with E-state index in [1.54, 1.807) is 0 Å². The molecule has 0 aromatic heterocycles. The molecule has 0 aromatic rings. The maximum Gasteiger partial charge on any atom is 0.409 e. The topological polar surface area (TPSA) is 61.8 Å². The lowest BCUT2D eigenvalue weighted by Gasteiger charge is -2.38. The van der Waals surface area contributed by atoms with Crippen LogP contribution in [0.3, 0.4) is 0 Å². The number of aliphatic hydroxyl groups excluding tert-OH is 1. The smallest absolute Gasteiger partial charge is 0.409 e. The van der Waals surface area contributed by atoms with Gasteiger partial charge in [-0.25, -0.2) is 4.79 Å². The summed E-state index contributed by atoms with van der Waals surface area (Å²) in [5, 5.41) is 12.6. The highest BCUT2D eigenvalue weighted by Crippen LogP contribution is 2.27. The minimum absolute atomic E-state index is 0.228. The standard InChI is InChI=1S/C15H28N2O3/c1-20-15(19)17-10-13(6-3-7-18)8-14(11-17)16-9-12-4-2-5-12/h12-14,16,18H,2-11H2,1H3. The van der Waals surface area contributed by atoms with Crippen LogP contribution in [-0.4, -0.2) is 55.5 Å². The summed E-state index contributed by atoms with van der Waals surface area (Å²) in [5.74, 6) is 1.30. The molecule has 2 atom stereocenters. The molecule has 0 aromatic carbocycles. The maximum absolute atomic E-state index is 11.8. The van der Waals surface area contributed by atoms with Gasteiger partial charge in [-0.2, -0.15) is 0 Å². The minimum atomic E-state index is -0.228. The summed E-state index contributed by atoms with van der Waals surface area (Å²) in [5.41, 5.74) is 0. The summed E-state index contributed by atoms with van der Waals surface area (Å²) in [6.45, 7) is 2.81.